The Morgan fingerprint density at radius 3 is 2.67 bits per heavy atom. The van der Waals surface area contributed by atoms with Gasteiger partial charge in [-0.2, -0.15) is 0 Å². The number of piperidine rings is 1. The first-order chi connectivity index (χ1) is 11.7. The van der Waals surface area contributed by atoms with E-state index >= 15 is 0 Å². The highest BCUT2D eigenvalue weighted by molar-refractivity contribution is 7.09. The lowest BCUT2D eigenvalue weighted by molar-refractivity contribution is 0.0919. The summed E-state index contributed by atoms with van der Waals surface area (Å²) in [6.07, 6.45) is 5.07. The van der Waals surface area contributed by atoms with Gasteiger partial charge in [0, 0.05) is 29.9 Å². The maximum Gasteiger partial charge on any atom is 0.270 e. The Kier molecular flexibility index (Phi) is 4.33. The van der Waals surface area contributed by atoms with E-state index in [1.54, 1.807) is 12.1 Å². The van der Waals surface area contributed by atoms with Gasteiger partial charge in [-0.15, -0.1) is 11.3 Å². The third-order valence-corrected chi connectivity index (χ3v) is 5.71. The van der Waals surface area contributed by atoms with Gasteiger partial charge in [0.25, 0.3) is 5.91 Å². The molecule has 1 aromatic heterocycles. The molecule has 0 spiro atoms. The van der Waals surface area contributed by atoms with Crippen LogP contribution in [0, 0.1) is 5.82 Å². The van der Waals surface area contributed by atoms with Crippen molar-refractivity contribution in [2.75, 3.05) is 0 Å². The molecule has 126 valence electrons. The minimum atomic E-state index is -0.242. The number of rotatable bonds is 4. The third kappa shape index (κ3) is 3.49. The predicted octanol–water partition coefficient (Wildman–Crippen LogP) is 2.89. The van der Waals surface area contributed by atoms with Crippen LogP contribution in [0.15, 0.2) is 29.6 Å². The fraction of sp³-hybridized carbons (Fsp3) is 0.444. The zero-order valence-corrected chi connectivity index (χ0v) is 14.1. The van der Waals surface area contributed by atoms with Crippen LogP contribution in [0.25, 0.3) is 0 Å². The summed E-state index contributed by atoms with van der Waals surface area (Å²) in [5.74, 6) is -0.322. The van der Waals surface area contributed by atoms with Gasteiger partial charge in [-0.3, -0.25) is 4.79 Å². The van der Waals surface area contributed by atoms with Gasteiger partial charge in [-0.25, -0.2) is 9.37 Å². The van der Waals surface area contributed by atoms with Gasteiger partial charge in [-0.05, 0) is 43.4 Å². The van der Waals surface area contributed by atoms with Crippen molar-refractivity contribution in [3.8, 4) is 0 Å². The van der Waals surface area contributed by atoms with Crippen molar-refractivity contribution in [1.82, 2.24) is 15.6 Å². The molecular formula is C18H20FN3OS. The van der Waals surface area contributed by atoms with Gasteiger partial charge in [0.1, 0.15) is 11.5 Å². The number of amides is 1. The summed E-state index contributed by atoms with van der Waals surface area (Å²) in [5, 5.41) is 9.40. The van der Waals surface area contributed by atoms with E-state index in [1.807, 2.05) is 5.38 Å². The van der Waals surface area contributed by atoms with Crippen molar-refractivity contribution in [3.63, 3.8) is 0 Å². The number of benzene rings is 1. The van der Waals surface area contributed by atoms with E-state index in [1.165, 1.54) is 36.3 Å². The lowest BCUT2D eigenvalue weighted by Crippen LogP contribution is -2.48. The molecule has 2 bridgehead atoms. The molecule has 2 unspecified atom stereocenters. The van der Waals surface area contributed by atoms with E-state index in [-0.39, 0.29) is 17.8 Å². The Morgan fingerprint density at radius 2 is 1.96 bits per heavy atom. The molecule has 0 saturated carbocycles. The number of nitrogens with one attached hydrogen (secondary N) is 2. The first kappa shape index (κ1) is 15.7. The fourth-order valence-electron chi connectivity index (χ4n) is 3.71. The number of aromatic nitrogens is 1. The van der Waals surface area contributed by atoms with Gasteiger partial charge in [0.15, 0.2) is 0 Å². The quantitative estimate of drug-likeness (QED) is 0.896. The molecule has 6 heteroatoms. The van der Waals surface area contributed by atoms with E-state index in [4.69, 9.17) is 0 Å². The fourth-order valence-corrected chi connectivity index (χ4v) is 4.52. The Bertz CT molecular complexity index is 718. The van der Waals surface area contributed by atoms with Crippen molar-refractivity contribution < 1.29 is 9.18 Å². The van der Waals surface area contributed by atoms with Crippen LogP contribution in [-0.4, -0.2) is 29.0 Å². The molecule has 1 amide bonds. The number of nitrogens with zero attached hydrogens (tertiary/aromatic N) is 1. The minimum absolute atomic E-state index is 0.0806. The summed E-state index contributed by atoms with van der Waals surface area (Å²) in [6, 6.07) is 7.75. The Morgan fingerprint density at radius 1 is 1.25 bits per heavy atom. The normalized spacial score (nSPS) is 25.6. The van der Waals surface area contributed by atoms with E-state index in [0.717, 1.165) is 23.4 Å². The van der Waals surface area contributed by atoms with Crippen LogP contribution >= 0.6 is 11.3 Å². The first-order valence-corrected chi connectivity index (χ1v) is 9.29. The predicted molar refractivity (Wildman–Crippen MR) is 91.8 cm³/mol. The second-order valence-corrected chi connectivity index (χ2v) is 7.65. The summed E-state index contributed by atoms with van der Waals surface area (Å²) in [7, 11) is 0. The van der Waals surface area contributed by atoms with Crippen molar-refractivity contribution in [2.45, 2.75) is 50.2 Å². The van der Waals surface area contributed by atoms with E-state index in [9.17, 15) is 9.18 Å². The second-order valence-electron chi connectivity index (χ2n) is 6.71. The first-order valence-electron chi connectivity index (χ1n) is 8.41. The van der Waals surface area contributed by atoms with Crippen molar-refractivity contribution >= 4 is 17.2 Å². The average molecular weight is 345 g/mol. The molecule has 0 radical (unpaired) electrons. The SMILES string of the molecule is O=C(NC1CC2CCC(C1)N2)c1csc(Cc2ccc(F)cc2)n1. The molecule has 2 aliphatic rings. The monoisotopic (exact) mass is 345 g/mol. The Balaban J connectivity index is 1.37. The summed E-state index contributed by atoms with van der Waals surface area (Å²) in [5.41, 5.74) is 1.48. The minimum Gasteiger partial charge on any atom is -0.348 e. The van der Waals surface area contributed by atoms with E-state index in [2.05, 4.69) is 15.6 Å². The summed E-state index contributed by atoms with van der Waals surface area (Å²) in [4.78, 5) is 16.9. The molecule has 2 N–H and O–H groups in total. The highest BCUT2D eigenvalue weighted by Crippen LogP contribution is 2.27. The van der Waals surface area contributed by atoms with E-state index < -0.39 is 0 Å². The van der Waals surface area contributed by atoms with Crippen molar-refractivity contribution in [2.24, 2.45) is 0 Å². The number of fused-ring (bicyclic) bond motifs is 2. The highest BCUT2D eigenvalue weighted by atomic mass is 32.1. The van der Waals surface area contributed by atoms with Crippen LogP contribution in [0.3, 0.4) is 0 Å². The van der Waals surface area contributed by atoms with Crippen LogP contribution in [0.1, 0.15) is 46.7 Å². The largest absolute Gasteiger partial charge is 0.348 e. The van der Waals surface area contributed by atoms with Gasteiger partial charge < -0.3 is 10.6 Å². The number of halogens is 1. The highest BCUT2D eigenvalue weighted by Gasteiger charge is 2.34. The third-order valence-electron chi connectivity index (χ3n) is 4.86. The topological polar surface area (TPSA) is 54.0 Å². The maximum absolute atomic E-state index is 12.9. The van der Waals surface area contributed by atoms with Crippen molar-refractivity contribution in [1.29, 1.82) is 0 Å². The van der Waals surface area contributed by atoms with Crippen LogP contribution in [0.4, 0.5) is 4.39 Å². The second kappa shape index (κ2) is 6.61. The molecule has 1 aromatic carbocycles. The Hall–Kier alpha value is -1.79. The van der Waals surface area contributed by atoms with Gasteiger partial charge >= 0.3 is 0 Å². The van der Waals surface area contributed by atoms with Crippen LogP contribution in [0.2, 0.25) is 0 Å². The number of hydrogen-bond acceptors (Lipinski definition) is 4. The number of carbonyl (C=O) groups excluding carboxylic acids is 1. The summed E-state index contributed by atoms with van der Waals surface area (Å²) >= 11 is 1.47. The van der Waals surface area contributed by atoms with Gasteiger partial charge in [-0.1, -0.05) is 12.1 Å². The summed E-state index contributed by atoms with van der Waals surface area (Å²) in [6.45, 7) is 0. The van der Waals surface area contributed by atoms with Crippen LogP contribution in [-0.2, 0) is 6.42 Å². The van der Waals surface area contributed by atoms with Gasteiger partial charge in [0.2, 0.25) is 0 Å². The molecule has 4 nitrogen and oxygen atoms in total. The molecule has 24 heavy (non-hydrogen) atoms. The molecule has 2 aromatic rings. The lowest BCUT2D eigenvalue weighted by atomic mass is 10.00. The van der Waals surface area contributed by atoms with Crippen LogP contribution in [0.5, 0.6) is 0 Å². The van der Waals surface area contributed by atoms with Crippen molar-refractivity contribution in [3.05, 3.63) is 51.7 Å². The molecular weight excluding hydrogens is 325 g/mol. The molecule has 2 fully saturated rings. The summed E-state index contributed by atoms with van der Waals surface area (Å²) < 4.78 is 12.9. The molecule has 2 aliphatic heterocycles. The zero-order chi connectivity index (χ0) is 16.5. The smallest absolute Gasteiger partial charge is 0.270 e. The molecule has 3 heterocycles. The number of carbonyl (C=O) groups is 1. The van der Waals surface area contributed by atoms with E-state index in [0.29, 0.717) is 24.2 Å². The van der Waals surface area contributed by atoms with Gasteiger partial charge in [0.05, 0.1) is 5.01 Å². The Labute approximate surface area is 144 Å². The molecule has 4 rings (SSSR count). The molecule has 2 atom stereocenters. The molecule has 2 saturated heterocycles. The number of thiazole rings is 1. The average Bonchev–Trinajstić information content (AvgIpc) is 3.16. The maximum atomic E-state index is 12.9. The number of hydrogen-bond donors (Lipinski definition) is 2. The lowest BCUT2D eigenvalue weighted by Gasteiger charge is -2.29. The van der Waals surface area contributed by atoms with Crippen LogP contribution < -0.4 is 10.6 Å². The molecule has 0 aliphatic carbocycles. The standard InChI is InChI=1S/C18H20FN3OS/c19-12-3-1-11(2-4-12)7-17-22-16(10-24-17)18(23)21-15-8-13-5-6-14(9-15)20-13/h1-4,10,13-15,20H,5-9H2,(H,21,23). The zero-order valence-electron chi connectivity index (χ0n) is 13.3.